The summed E-state index contributed by atoms with van der Waals surface area (Å²) in [5.74, 6) is 0.494. The summed E-state index contributed by atoms with van der Waals surface area (Å²) in [6.45, 7) is 0.0764. The molecule has 0 fully saturated rings. The third-order valence-corrected chi connectivity index (χ3v) is 5.09. The van der Waals surface area contributed by atoms with Crippen molar-refractivity contribution >= 4 is 23.5 Å². The fourth-order valence-electron chi connectivity index (χ4n) is 3.08. The van der Waals surface area contributed by atoms with Crippen molar-refractivity contribution in [3.63, 3.8) is 0 Å². The highest BCUT2D eigenvalue weighted by atomic mass is 35.5. The minimum atomic E-state index is -0.518. The number of methoxy groups -OCH3 is 2. The molecule has 0 saturated carbocycles. The zero-order valence-electron chi connectivity index (χ0n) is 18.2. The van der Waals surface area contributed by atoms with Gasteiger partial charge in [0.15, 0.2) is 23.9 Å². The predicted molar refractivity (Wildman–Crippen MR) is 121 cm³/mol. The first kappa shape index (κ1) is 23.1. The monoisotopic (exact) mass is 486 g/mol. The van der Waals surface area contributed by atoms with Gasteiger partial charge >= 0.3 is 0 Å². The van der Waals surface area contributed by atoms with E-state index >= 15 is 0 Å². The molecular formula is C22H20ClFN6O4. The summed E-state index contributed by atoms with van der Waals surface area (Å²) < 4.78 is 33.2. The summed E-state index contributed by atoms with van der Waals surface area (Å²) in [6, 6.07) is 11.2. The van der Waals surface area contributed by atoms with Crippen LogP contribution in [0.1, 0.15) is 16.1 Å². The number of hydrogen-bond acceptors (Lipinski definition) is 7. The van der Waals surface area contributed by atoms with E-state index in [4.69, 9.17) is 25.8 Å². The van der Waals surface area contributed by atoms with Crippen LogP contribution in [0.4, 0.5) is 10.3 Å². The minimum absolute atomic E-state index is 0.0142. The number of hydrogen-bond donors (Lipinski definition) is 1. The van der Waals surface area contributed by atoms with Crippen molar-refractivity contribution < 1.29 is 23.4 Å². The molecule has 4 aromatic rings. The summed E-state index contributed by atoms with van der Waals surface area (Å²) in [4.78, 5) is 16.6. The summed E-state index contributed by atoms with van der Waals surface area (Å²) in [6.07, 6.45) is 2.95. The average Bonchev–Trinajstić information content (AvgIpc) is 3.49. The number of amides is 1. The van der Waals surface area contributed by atoms with Crippen LogP contribution in [0.5, 0.6) is 17.2 Å². The van der Waals surface area contributed by atoms with Crippen molar-refractivity contribution in [3.8, 4) is 17.2 Å². The second-order valence-electron chi connectivity index (χ2n) is 6.93. The number of anilines is 1. The molecule has 0 bridgehead atoms. The van der Waals surface area contributed by atoms with Gasteiger partial charge in [0.2, 0.25) is 11.7 Å². The summed E-state index contributed by atoms with van der Waals surface area (Å²) in [7, 11) is 3.05. The Morgan fingerprint density at radius 1 is 1.06 bits per heavy atom. The first-order valence-electron chi connectivity index (χ1n) is 9.99. The Kier molecular flexibility index (Phi) is 6.93. The number of nitrogens with one attached hydrogen (secondary N) is 1. The molecule has 1 amide bonds. The van der Waals surface area contributed by atoms with Gasteiger partial charge in [-0.15, -0.1) is 5.10 Å². The number of ether oxygens (including phenoxy) is 3. The maximum Gasteiger partial charge on any atom is 0.278 e. The van der Waals surface area contributed by atoms with Crippen LogP contribution in [0.2, 0.25) is 5.02 Å². The van der Waals surface area contributed by atoms with Gasteiger partial charge < -0.3 is 14.2 Å². The molecule has 2 heterocycles. The van der Waals surface area contributed by atoms with Gasteiger partial charge in [-0.25, -0.2) is 18.7 Å². The zero-order chi connectivity index (χ0) is 24.1. The highest BCUT2D eigenvalue weighted by Crippen LogP contribution is 2.36. The van der Waals surface area contributed by atoms with Crippen LogP contribution < -0.4 is 19.5 Å². The Hall–Kier alpha value is -4.12. The van der Waals surface area contributed by atoms with E-state index in [2.05, 4.69) is 20.5 Å². The molecule has 2 aromatic carbocycles. The van der Waals surface area contributed by atoms with Crippen molar-refractivity contribution in [2.45, 2.75) is 13.3 Å². The second kappa shape index (κ2) is 10.2. The van der Waals surface area contributed by atoms with E-state index in [9.17, 15) is 9.18 Å². The lowest BCUT2D eigenvalue weighted by Crippen LogP contribution is -2.15. The Bertz CT molecular complexity index is 1270. The number of benzene rings is 2. The molecule has 0 spiro atoms. The summed E-state index contributed by atoms with van der Waals surface area (Å²) in [5, 5.41) is 11.2. The minimum Gasteiger partial charge on any atom is -0.493 e. The van der Waals surface area contributed by atoms with Gasteiger partial charge in [0, 0.05) is 16.8 Å². The first-order chi connectivity index (χ1) is 16.5. The molecule has 34 heavy (non-hydrogen) atoms. The third kappa shape index (κ3) is 5.09. The molecule has 0 saturated heterocycles. The number of carbonyl (C=O) groups excluding carboxylic acids is 1. The van der Waals surface area contributed by atoms with Crippen LogP contribution in [-0.2, 0) is 13.3 Å². The summed E-state index contributed by atoms with van der Waals surface area (Å²) >= 11 is 6.05. The lowest BCUT2D eigenvalue weighted by molar-refractivity contribution is 0.101. The molecule has 0 radical (unpaired) electrons. The predicted octanol–water partition coefficient (Wildman–Crippen LogP) is 3.62. The van der Waals surface area contributed by atoms with E-state index in [-0.39, 0.29) is 35.5 Å². The van der Waals surface area contributed by atoms with Crippen LogP contribution in [0, 0.1) is 5.82 Å². The molecule has 0 unspecified atom stereocenters. The van der Waals surface area contributed by atoms with Crippen LogP contribution in [-0.4, -0.2) is 44.7 Å². The fourth-order valence-corrected chi connectivity index (χ4v) is 3.31. The van der Waals surface area contributed by atoms with Crippen molar-refractivity contribution in [2.24, 2.45) is 0 Å². The lowest BCUT2D eigenvalue weighted by Gasteiger charge is -2.13. The van der Waals surface area contributed by atoms with Crippen LogP contribution in [0.25, 0.3) is 0 Å². The Balaban J connectivity index is 1.38. The van der Waals surface area contributed by atoms with Crippen molar-refractivity contribution in [2.75, 3.05) is 19.5 Å². The number of para-hydroxylation sites is 1. The van der Waals surface area contributed by atoms with Gasteiger partial charge in [-0.05, 0) is 30.3 Å². The summed E-state index contributed by atoms with van der Waals surface area (Å²) in [5.41, 5.74) is 0.404. The van der Waals surface area contributed by atoms with Crippen molar-refractivity contribution in [1.82, 2.24) is 24.5 Å². The first-order valence-corrected chi connectivity index (χ1v) is 10.4. The van der Waals surface area contributed by atoms with Crippen molar-refractivity contribution in [1.29, 1.82) is 0 Å². The molecule has 0 aliphatic carbocycles. The normalized spacial score (nSPS) is 10.7. The molecule has 4 rings (SSSR count). The zero-order valence-corrected chi connectivity index (χ0v) is 19.0. The van der Waals surface area contributed by atoms with Gasteiger partial charge in [-0.1, -0.05) is 23.7 Å². The van der Waals surface area contributed by atoms with Gasteiger partial charge in [0.25, 0.3) is 5.91 Å². The maximum absolute atomic E-state index is 14.0. The molecule has 1 N–H and O–H groups in total. The Morgan fingerprint density at radius 3 is 2.50 bits per heavy atom. The van der Waals surface area contributed by atoms with E-state index < -0.39 is 11.7 Å². The average molecular weight is 487 g/mol. The van der Waals surface area contributed by atoms with Crippen molar-refractivity contribution in [3.05, 3.63) is 77.1 Å². The van der Waals surface area contributed by atoms with Gasteiger partial charge in [-0.3, -0.25) is 10.1 Å². The van der Waals surface area contributed by atoms with Crippen LogP contribution in [0.3, 0.4) is 0 Å². The topological polar surface area (TPSA) is 105 Å². The number of halogens is 2. The van der Waals surface area contributed by atoms with Gasteiger partial charge in [-0.2, -0.15) is 5.10 Å². The van der Waals surface area contributed by atoms with Crippen LogP contribution in [0.15, 0.2) is 55.0 Å². The number of nitrogens with zero attached hydrogens (tertiary/aromatic N) is 5. The van der Waals surface area contributed by atoms with E-state index in [1.165, 1.54) is 48.1 Å². The largest absolute Gasteiger partial charge is 0.493 e. The molecule has 2 aromatic heterocycles. The van der Waals surface area contributed by atoms with E-state index in [1.54, 1.807) is 30.5 Å². The third-order valence-electron chi connectivity index (χ3n) is 4.74. The lowest BCUT2D eigenvalue weighted by atomic mass is 10.2. The molecule has 12 heteroatoms. The van der Waals surface area contributed by atoms with E-state index in [1.807, 2.05) is 0 Å². The fraction of sp³-hybridized carbons (Fsp3) is 0.182. The molecular weight excluding hydrogens is 467 g/mol. The quantitative estimate of drug-likeness (QED) is 0.385. The number of rotatable bonds is 9. The molecule has 176 valence electrons. The Morgan fingerprint density at radius 2 is 1.79 bits per heavy atom. The number of carbonyl (C=O) groups is 1. The smallest absolute Gasteiger partial charge is 0.278 e. The Labute approximate surface area is 198 Å². The second-order valence-corrected chi connectivity index (χ2v) is 7.33. The molecule has 0 atom stereocenters. The van der Waals surface area contributed by atoms with Crippen LogP contribution >= 0.6 is 11.6 Å². The number of aromatic nitrogens is 5. The SMILES string of the molecule is COc1cccc(OC)c1OCn1ccc(C(=O)Nc2ncn(Cc3c(F)cccc3Cl)n2)n1. The standard InChI is InChI=1S/C22H20ClFN6O4/c1-32-18-7-4-8-19(33-2)20(18)34-13-29-10-9-17(27-29)21(31)26-22-25-12-30(28-22)11-14-15(23)5-3-6-16(14)24/h3-10,12H,11,13H2,1-2H3,(H,26,28,31). The van der Waals surface area contributed by atoms with E-state index in [0.717, 1.165) is 0 Å². The van der Waals surface area contributed by atoms with Gasteiger partial charge in [0.1, 0.15) is 12.1 Å². The van der Waals surface area contributed by atoms with E-state index in [0.29, 0.717) is 17.2 Å². The van der Waals surface area contributed by atoms with Gasteiger partial charge in [0.05, 0.1) is 20.8 Å². The maximum atomic E-state index is 14.0. The highest BCUT2D eigenvalue weighted by molar-refractivity contribution is 6.31. The molecule has 0 aliphatic rings. The highest BCUT2D eigenvalue weighted by Gasteiger charge is 2.15. The molecule has 0 aliphatic heterocycles. The molecule has 10 nitrogen and oxygen atoms in total.